The Labute approximate surface area is 117 Å². The van der Waals surface area contributed by atoms with Crippen molar-refractivity contribution >= 4 is 15.9 Å². The largest absolute Gasteiger partial charge is 0.490 e. The molecule has 0 aliphatic heterocycles. The smallest absolute Gasteiger partial charge is 0.125 e. The van der Waals surface area contributed by atoms with Crippen molar-refractivity contribution in [3.63, 3.8) is 0 Å². The van der Waals surface area contributed by atoms with Crippen LogP contribution in [0.3, 0.4) is 0 Å². The van der Waals surface area contributed by atoms with E-state index in [1.807, 2.05) is 39.0 Å². The summed E-state index contributed by atoms with van der Waals surface area (Å²) in [6, 6.07) is 5.66. The summed E-state index contributed by atoms with van der Waals surface area (Å²) in [6.07, 6.45) is 0. The Morgan fingerprint density at radius 2 is 2.00 bits per heavy atom. The minimum atomic E-state index is -0.850. The van der Waals surface area contributed by atoms with Gasteiger partial charge in [-0.2, -0.15) is 0 Å². The van der Waals surface area contributed by atoms with Crippen LogP contribution in [0.25, 0.3) is 0 Å². The lowest BCUT2D eigenvalue weighted by molar-refractivity contribution is -0.0269. The summed E-state index contributed by atoms with van der Waals surface area (Å²) in [4.78, 5) is 0. The highest BCUT2D eigenvalue weighted by molar-refractivity contribution is 9.10. The summed E-state index contributed by atoms with van der Waals surface area (Å²) < 4.78 is 6.68. The topological polar surface area (TPSA) is 55.5 Å². The third-order valence-corrected chi connectivity index (χ3v) is 3.72. The molecule has 3 N–H and O–H groups in total. The van der Waals surface area contributed by atoms with Crippen LogP contribution >= 0.6 is 15.9 Å². The van der Waals surface area contributed by atoms with E-state index in [2.05, 4.69) is 15.9 Å². The minimum absolute atomic E-state index is 0.0999. The molecule has 0 amide bonds. The molecular formula is C14H22BrNO2. The van der Waals surface area contributed by atoms with Gasteiger partial charge in [0.2, 0.25) is 0 Å². The molecule has 0 bridgehead atoms. The summed E-state index contributed by atoms with van der Waals surface area (Å²) in [6.45, 7) is 7.88. The van der Waals surface area contributed by atoms with E-state index in [1.54, 1.807) is 6.92 Å². The fraction of sp³-hybridized carbons (Fsp3) is 0.571. The fourth-order valence-corrected chi connectivity index (χ4v) is 1.74. The van der Waals surface area contributed by atoms with Gasteiger partial charge < -0.3 is 15.6 Å². The molecule has 3 nitrogen and oxygen atoms in total. The number of rotatable bonds is 5. The summed E-state index contributed by atoms with van der Waals surface area (Å²) in [5.74, 6) is 0.851. The first-order chi connectivity index (χ1) is 8.24. The fourth-order valence-electron chi connectivity index (χ4n) is 1.40. The lowest BCUT2D eigenvalue weighted by Crippen LogP contribution is -2.38. The van der Waals surface area contributed by atoms with Gasteiger partial charge >= 0.3 is 0 Å². The third-order valence-electron chi connectivity index (χ3n) is 3.23. The van der Waals surface area contributed by atoms with Gasteiger partial charge in [-0.15, -0.1) is 0 Å². The predicted molar refractivity (Wildman–Crippen MR) is 77.7 cm³/mol. The minimum Gasteiger partial charge on any atom is -0.490 e. The number of nitrogens with two attached hydrogens (primary N) is 1. The van der Waals surface area contributed by atoms with E-state index in [0.29, 0.717) is 0 Å². The molecule has 102 valence electrons. The van der Waals surface area contributed by atoms with Gasteiger partial charge in [-0.25, -0.2) is 0 Å². The third kappa shape index (κ3) is 3.97. The number of benzene rings is 1. The standard InChI is InChI=1S/C14H22BrNO2/c1-9(2)14(4,17)8-18-13-7-11(15)5-6-12(13)10(3)16/h5-7,9-10,17H,8,16H2,1-4H3/t10-,14?/m0/s1. The molecule has 0 saturated heterocycles. The van der Waals surface area contributed by atoms with E-state index in [1.165, 1.54) is 0 Å². The van der Waals surface area contributed by atoms with Crippen molar-refractivity contribution in [1.82, 2.24) is 0 Å². The maximum Gasteiger partial charge on any atom is 0.125 e. The number of hydrogen-bond donors (Lipinski definition) is 2. The lowest BCUT2D eigenvalue weighted by atomic mass is 9.94. The molecule has 1 aromatic rings. The Morgan fingerprint density at radius 3 is 2.50 bits per heavy atom. The van der Waals surface area contributed by atoms with Gasteiger partial charge in [0.1, 0.15) is 12.4 Å². The molecule has 1 aromatic carbocycles. The average molecular weight is 316 g/mol. The van der Waals surface area contributed by atoms with Crippen molar-refractivity contribution in [2.45, 2.75) is 39.3 Å². The van der Waals surface area contributed by atoms with E-state index in [-0.39, 0.29) is 18.6 Å². The van der Waals surface area contributed by atoms with Gasteiger partial charge in [0.15, 0.2) is 0 Å². The van der Waals surface area contributed by atoms with E-state index < -0.39 is 5.60 Å². The molecule has 0 saturated carbocycles. The van der Waals surface area contributed by atoms with Crippen LogP contribution in [-0.2, 0) is 0 Å². The Kier molecular flexibility index (Phi) is 5.20. The van der Waals surface area contributed by atoms with Crippen molar-refractivity contribution in [2.75, 3.05) is 6.61 Å². The molecule has 2 atom stereocenters. The Hall–Kier alpha value is -0.580. The van der Waals surface area contributed by atoms with Crippen molar-refractivity contribution in [2.24, 2.45) is 11.7 Å². The van der Waals surface area contributed by atoms with Gasteiger partial charge in [0.25, 0.3) is 0 Å². The zero-order valence-electron chi connectivity index (χ0n) is 11.4. The lowest BCUT2D eigenvalue weighted by Gasteiger charge is -2.28. The highest BCUT2D eigenvalue weighted by Gasteiger charge is 2.26. The normalized spacial score (nSPS) is 16.4. The summed E-state index contributed by atoms with van der Waals surface area (Å²) in [7, 11) is 0. The predicted octanol–water partition coefficient (Wildman–Crippen LogP) is 3.25. The number of aliphatic hydroxyl groups is 1. The molecule has 0 aliphatic carbocycles. The van der Waals surface area contributed by atoms with E-state index >= 15 is 0 Å². The molecular weight excluding hydrogens is 294 g/mol. The molecule has 1 rings (SSSR count). The maximum absolute atomic E-state index is 10.2. The van der Waals surface area contributed by atoms with Crippen LogP contribution < -0.4 is 10.5 Å². The second-order valence-corrected chi connectivity index (χ2v) is 6.19. The van der Waals surface area contributed by atoms with Gasteiger partial charge in [-0.05, 0) is 31.9 Å². The van der Waals surface area contributed by atoms with E-state index in [4.69, 9.17) is 10.5 Å². The summed E-state index contributed by atoms with van der Waals surface area (Å²) >= 11 is 3.41. The Morgan fingerprint density at radius 1 is 1.39 bits per heavy atom. The second kappa shape index (κ2) is 6.04. The van der Waals surface area contributed by atoms with Crippen molar-refractivity contribution < 1.29 is 9.84 Å². The molecule has 0 radical (unpaired) electrons. The molecule has 0 aromatic heterocycles. The summed E-state index contributed by atoms with van der Waals surface area (Å²) in [5.41, 5.74) is 6.00. The molecule has 0 fully saturated rings. The Bertz CT molecular complexity index is 403. The quantitative estimate of drug-likeness (QED) is 0.877. The van der Waals surface area contributed by atoms with Crippen LogP contribution in [0.4, 0.5) is 0 Å². The summed E-state index contributed by atoms with van der Waals surface area (Å²) in [5, 5.41) is 10.2. The first-order valence-electron chi connectivity index (χ1n) is 6.14. The molecule has 1 unspecified atom stereocenters. The van der Waals surface area contributed by atoms with Crippen LogP contribution in [0.1, 0.15) is 39.3 Å². The first kappa shape index (κ1) is 15.5. The molecule has 0 heterocycles. The monoisotopic (exact) mass is 315 g/mol. The number of halogens is 1. The molecule has 0 spiro atoms. The van der Waals surface area contributed by atoms with Gasteiger partial charge in [-0.1, -0.05) is 35.8 Å². The van der Waals surface area contributed by atoms with Crippen molar-refractivity contribution in [1.29, 1.82) is 0 Å². The molecule has 4 heteroatoms. The van der Waals surface area contributed by atoms with Crippen molar-refractivity contribution in [3.8, 4) is 5.75 Å². The zero-order valence-corrected chi connectivity index (χ0v) is 13.0. The van der Waals surface area contributed by atoms with Crippen LogP contribution in [-0.4, -0.2) is 17.3 Å². The van der Waals surface area contributed by atoms with Crippen LogP contribution in [0.2, 0.25) is 0 Å². The van der Waals surface area contributed by atoms with E-state index in [0.717, 1.165) is 15.8 Å². The number of hydrogen-bond acceptors (Lipinski definition) is 3. The van der Waals surface area contributed by atoms with Crippen molar-refractivity contribution in [3.05, 3.63) is 28.2 Å². The molecule has 0 aliphatic rings. The van der Waals surface area contributed by atoms with E-state index in [9.17, 15) is 5.11 Å². The SMILES string of the molecule is CC(C)C(C)(O)COc1cc(Br)ccc1[C@H](C)N. The molecule has 18 heavy (non-hydrogen) atoms. The highest BCUT2D eigenvalue weighted by Crippen LogP contribution is 2.29. The average Bonchev–Trinajstić information content (AvgIpc) is 2.26. The van der Waals surface area contributed by atoms with Gasteiger partial charge in [-0.3, -0.25) is 0 Å². The Balaban J connectivity index is 2.87. The number of ether oxygens (including phenoxy) is 1. The second-order valence-electron chi connectivity index (χ2n) is 5.27. The first-order valence-corrected chi connectivity index (χ1v) is 6.93. The van der Waals surface area contributed by atoms with Crippen LogP contribution in [0.15, 0.2) is 22.7 Å². The maximum atomic E-state index is 10.2. The van der Waals surface area contributed by atoms with Gasteiger partial charge in [0.05, 0.1) is 5.60 Å². The van der Waals surface area contributed by atoms with Gasteiger partial charge in [0, 0.05) is 16.1 Å². The van der Waals surface area contributed by atoms with Crippen LogP contribution in [0.5, 0.6) is 5.75 Å². The van der Waals surface area contributed by atoms with Crippen LogP contribution in [0, 0.1) is 5.92 Å². The highest BCUT2D eigenvalue weighted by atomic mass is 79.9. The zero-order chi connectivity index (χ0) is 13.9.